The van der Waals surface area contributed by atoms with E-state index >= 15 is 0 Å². The average molecular weight is 455 g/mol. The number of nitro groups is 1. The summed E-state index contributed by atoms with van der Waals surface area (Å²) in [7, 11) is 0. The molecule has 166 valence electrons. The number of rotatable bonds is 8. The van der Waals surface area contributed by atoms with Crippen LogP contribution in [0.4, 0.5) is 24.5 Å². The van der Waals surface area contributed by atoms with Crippen LogP contribution in [0.25, 0.3) is 0 Å². The normalized spacial score (nSPS) is 12.2. The lowest BCUT2D eigenvalue weighted by molar-refractivity contribution is -0.384. The lowest BCUT2D eigenvalue weighted by atomic mass is 10.2. The van der Waals surface area contributed by atoms with Crippen molar-refractivity contribution in [2.24, 2.45) is 0 Å². The van der Waals surface area contributed by atoms with Gasteiger partial charge in [-0.15, -0.1) is 11.8 Å². The second-order valence-electron chi connectivity index (χ2n) is 6.52. The number of carbonyl (C=O) groups is 2. The Morgan fingerprint density at radius 3 is 2.39 bits per heavy atom. The van der Waals surface area contributed by atoms with Gasteiger partial charge in [-0.25, -0.2) is 0 Å². The second kappa shape index (κ2) is 10.3. The minimum absolute atomic E-state index is 0.0524. The lowest BCUT2D eigenvalue weighted by Crippen LogP contribution is -2.40. The van der Waals surface area contributed by atoms with E-state index in [-0.39, 0.29) is 24.7 Å². The van der Waals surface area contributed by atoms with E-state index in [2.05, 4.69) is 5.32 Å². The van der Waals surface area contributed by atoms with Gasteiger partial charge in [-0.3, -0.25) is 19.7 Å². The summed E-state index contributed by atoms with van der Waals surface area (Å²) >= 11 is 1.20. The van der Waals surface area contributed by atoms with Crippen molar-refractivity contribution in [3.05, 3.63) is 64.2 Å². The first-order valence-electron chi connectivity index (χ1n) is 9.18. The Kier molecular flexibility index (Phi) is 8.03. The number of hydrogen-bond acceptors (Lipinski definition) is 5. The number of carbonyl (C=O) groups excluding carboxylic acids is 2. The number of non-ortho nitro benzene ring substituents is 1. The van der Waals surface area contributed by atoms with Gasteiger partial charge in [0.1, 0.15) is 0 Å². The summed E-state index contributed by atoms with van der Waals surface area (Å²) in [5.41, 5.74) is 0.769. The Morgan fingerprint density at radius 2 is 1.84 bits per heavy atom. The molecule has 0 bridgehead atoms. The molecule has 2 rings (SSSR count). The zero-order chi connectivity index (χ0) is 23.2. The standard InChI is InChI=1S/C20H20F3N3O4S/c1-3-25(19(28)20(21,22)23)12-14-5-4-6-15(11-14)24-18(27)13(2)31-17-9-7-16(8-10-17)26(29)30/h4-11,13H,3,12H2,1-2H3,(H,24,27). The molecule has 2 amide bonds. The summed E-state index contributed by atoms with van der Waals surface area (Å²) in [4.78, 5) is 35.5. The Bertz CT molecular complexity index is 951. The topological polar surface area (TPSA) is 92.6 Å². The maximum atomic E-state index is 12.7. The van der Waals surface area contributed by atoms with Crippen molar-refractivity contribution >= 4 is 35.0 Å². The molecule has 31 heavy (non-hydrogen) atoms. The molecule has 0 aliphatic heterocycles. The summed E-state index contributed by atoms with van der Waals surface area (Å²) in [6.07, 6.45) is -4.95. The Balaban J connectivity index is 2.01. The number of hydrogen-bond donors (Lipinski definition) is 1. The van der Waals surface area contributed by atoms with Crippen molar-refractivity contribution in [3.8, 4) is 0 Å². The number of halogens is 3. The zero-order valence-corrected chi connectivity index (χ0v) is 17.5. The average Bonchev–Trinajstić information content (AvgIpc) is 2.71. The molecule has 0 radical (unpaired) electrons. The fourth-order valence-electron chi connectivity index (χ4n) is 2.62. The summed E-state index contributed by atoms with van der Waals surface area (Å²) in [5, 5.41) is 12.9. The van der Waals surface area contributed by atoms with Crippen LogP contribution < -0.4 is 5.32 Å². The quantitative estimate of drug-likeness (QED) is 0.356. The molecule has 0 saturated carbocycles. The van der Waals surface area contributed by atoms with E-state index in [4.69, 9.17) is 0 Å². The third kappa shape index (κ3) is 6.99. The summed E-state index contributed by atoms with van der Waals surface area (Å²) in [6.45, 7) is 2.75. The smallest absolute Gasteiger partial charge is 0.331 e. The van der Waals surface area contributed by atoms with Crippen molar-refractivity contribution in [3.63, 3.8) is 0 Å². The van der Waals surface area contributed by atoms with Crippen molar-refractivity contribution in [2.45, 2.75) is 36.7 Å². The van der Waals surface area contributed by atoms with E-state index < -0.39 is 22.3 Å². The molecule has 0 fully saturated rings. The van der Waals surface area contributed by atoms with Crippen molar-refractivity contribution in [2.75, 3.05) is 11.9 Å². The van der Waals surface area contributed by atoms with Crippen molar-refractivity contribution in [1.29, 1.82) is 0 Å². The molecule has 0 aromatic heterocycles. The number of nitro benzene ring substituents is 1. The molecule has 11 heteroatoms. The predicted octanol–water partition coefficient (Wildman–Crippen LogP) is 4.62. The van der Waals surface area contributed by atoms with E-state index in [0.29, 0.717) is 21.0 Å². The van der Waals surface area contributed by atoms with Gasteiger partial charge in [-0.1, -0.05) is 12.1 Å². The first kappa shape index (κ1) is 24.2. The van der Waals surface area contributed by atoms with Gasteiger partial charge in [-0.05, 0) is 43.7 Å². The van der Waals surface area contributed by atoms with E-state index in [0.717, 1.165) is 0 Å². The fraction of sp³-hybridized carbons (Fsp3) is 0.300. The maximum absolute atomic E-state index is 12.7. The van der Waals surface area contributed by atoms with E-state index in [1.54, 1.807) is 37.3 Å². The molecule has 0 spiro atoms. The molecule has 1 unspecified atom stereocenters. The Morgan fingerprint density at radius 1 is 1.19 bits per heavy atom. The highest BCUT2D eigenvalue weighted by Crippen LogP contribution is 2.26. The number of benzene rings is 2. The molecular weight excluding hydrogens is 435 g/mol. The summed E-state index contributed by atoms with van der Waals surface area (Å²) in [5.74, 6) is -2.27. The molecule has 2 aromatic rings. The van der Waals surface area contributed by atoms with E-state index in [1.165, 1.54) is 36.9 Å². The molecule has 0 saturated heterocycles. The minimum atomic E-state index is -4.95. The van der Waals surface area contributed by atoms with Gasteiger partial charge in [0.2, 0.25) is 5.91 Å². The largest absolute Gasteiger partial charge is 0.471 e. The Labute approximate surface area is 180 Å². The third-order valence-corrected chi connectivity index (χ3v) is 5.32. The van der Waals surface area contributed by atoms with Crippen LogP contribution in [0.1, 0.15) is 19.4 Å². The monoisotopic (exact) mass is 455 g/mol. The molecule has 1 atom stereocenters. The second-order valence-corrected chi connectivity index (χ2v) is 7.93. The number of nitrogens with zero attached hydrogens (tertiary/aromatic N) is 2. The van der Waals surface area contributed by atoms with Gasteiger partial charge in [0.25, 0.3) is 5.69 Å². The van der Waals surface area contributed by atoms with Crippen LogP contribution in [0.3, 0.4) is 0 Å². The minimum Gasteiger partial charge on any atom is -0.331 e. The van der Waals surface area contributed by atoms with Gasteiger partial charge in [-0.2, -0.15) is 13.2 Å². The van der Waals surface area contributed by atoms with Gasteiger partial charge in [0.05, 0.1) is 10.2 Å². The van der Waals surface area contributed by atoms with E-state index in [9.17, 15) is 32.9 Å². The molecular formula is C20H20F3N3O4S. The van der Waals surface area contributed by atoms with Crippen LogP contribution in [-0.4, -0.2) is 39.6 Å². The number of nitrogens with one attached hydrogen (secondary N) is 1. The number of alkyl halides is 3. The Hall–Kier alpha value is -3.08. The van der Waals surface area contributed by atoms with Crippen LogP contribution in [0.15, 0.2) is 53.4 Å². The van der Waals surface area contributed by atoms with Crippen LogP contribution in [0, 0.1) is 10.1 Å². The van der Waals surface area contributed by atoms with Gasteiger partial charge >= 0.3 is 12.1 Å². The molecule has 0 aliphatic rings. The lowest BCUT2D eigenvalue weighted by Gasteiger charge is -2.22. The third-order valence-electron chi connectivity index (χ3n) is 4.21. The van der Waals surface area contributed by atoms with Gasteiger partial charge in [0.15, 0.2) is 0 Å². The predicted molar refractivity (Wildman–Crippen MR) is 111 cm³/mol. The first-order chi connectivity index (χ1) is 14.5. The molecule has 1 N–H and O–H groups in total. The summed E-state index contributed by atoms with van der Waals surface area (Å²) < 4.78 is 38.1. The van der Waals surface area contributed by atoms with Crippen LogP contribution in [0.5, 0.6) is 0 Å². The van der Waals surface area contributed by atoms with Crippen LogP contribution >= 0.6 is 11.8 Å². The SMILES string of the molecule is CCN(Cc1cccc(NC(=O)C(C)Sc2ccc([N+](=O)[O-])cc2)c1)C(=O)C(F)(F)F. The molecule has 0 heterocycles. The van der Waals surface area contributed by atoms with Crippen LogP contribution in [0.2, 0.25) is 0 Å². The maximum Gasteiger partial charge on any atom is 0.471 e. The number of anilines is 1. The van der Waals surface area contributed by atoms with Gasteiger partial charge < -0.3 is 10.2 Å². The highest BCUT2D eigenvalue weighted by molar-refractivity contribution is 8.00. The highest BCUT2D eigenvalue weighted by Gasteiger charge is 2.41. The molecule has 7 nitrogen and oxygen atoms in total. The first-order valence-corrected chi connectivity index (χ1v) is 10.1. The number of amides is 2. The van der Waals surface area contributed by atoms with Gasteiger partial charge in [0, 0.05) is 35.8 Å². The highest BCUT2D eigenvalue weighted by atomic mass is 32.2. The zero-order valence-electron chi connectivity index (χ0n) is 16.7. The molecule has 0 aliphatic carbocycles. The number of thioether (sulfide) groups is 1. The molecule has 2 aromatic carbocycles. The van der Waals surface area contributed by atoms with Crippen molar-refractivity contribution in [1.82, 2.24) is 4.90 Å². The van der Waals surface area contributed by atoms with Crippen molar-refractivity contribution < 1.29 is 27.7 Å². The van der Waals surface area contributed by atoms with E-state index in [1.807, 2.05) is 0 Å². The van der Waals surface area contributed by atoms with Crippen LogP contribution in [-0.2, 0) is 16.1 Å². The fourth-order valence-corrected chi connectivity index (χ4v) is 3.49. The summed E-state index contributed by atoms with van der Waals surface area (Å²) in [6, 6.07) is 12.0.